The summed E-state index contributed by atoms with van der Waals surface area (Å²) >= 11 is 6.04. The van der Waals surface area contributed by atoms with Gasteiger partial charge in [0.2, 0.25) is 21.8 Å². The molecule has 1 aliphatic carbocycles. The van der Waals surface area contributed by atoms with Crippen LogP contribution in [0.3, 0.4) is 0 Å². The van der Waals surface area contributed by atoms with Gasteiger partial charge in [-0.1, -0.05) is 43.0 Å². The number of nitrogens with zero attached hydrogens (tertiary/aromatic N) is 2. The zero-order valence-corrected chi connectivity index (χ0v) is 22.4. The van der Waals surface area contributed by atoms with Crippen molar-refractivity contribution in [2.24, 2.45) is 0 Å². The van der Waals surface area contributed by atoms with Gasteiger partial charge in [0.25, 0.3) is 0 Å². The first-order valence-electron chi connectivity index (χ1n) is 12.0. The van der Waals surface area contributed by atoms with E-state index in [0.29, 0.717) is 21.8 Å². The number of carbonyl (C=O) groups excluding carboxylic acids is 2. The molecular formula is C26H33ClFN3O4S. The van der Waals surface area contributed by atoms with E-state index < -0.39 is 34.3 Å². The van der Waals surface area contributed by atoms with Crippen molar-refractivity contribution in [3.05, 3.63) is 64.4 Å². The van der Waals surface area contributed by atoms with E-state index in [-0.39, 0.29) is 18.5 Å². The molecule has 1 N–H and O–H groups in total. The lowest BCUT2D eigenvalue weighted by Gasteiger charge is -2.33. The smallest absolute Gasteiger partial charge is 0.244 e. The Morgan fingerprint density at radius 2 is 1.75 bits per heavy atom. The Hall–Kier alpha value is -2.65. The van der Waals surface area contributed by atoms with E-state index in [1.807, 2.05) is 0 Å². The molecule has 1 aliphatic rings. The zero-order valence-electron chi connectivity index (χ0n) is 20.8. The zero-order chi connectivity index (χ0) is 26.5. The number of carbonyl (C=O) groups is 2. The molecule has 0 aliphatic heterocycles. The fraction of sp³-hybridized carbons (Fsp3) is 0.462. The van der Waals surface area contributed by atoms with Crippen LogP contribution in [0.4, 0.5) is 10.1 Å². The van der Waals surface area contributed by atoms with Gasteiger partial charge in [-0.05, 0) is 68.1 Å². The monoisotopic (exact) mass is 537 g/mol. The van der Waals surface area contributed by atoms with Crippen molar-refractivity contribution < 1.29 is 22.4 Å². The lowest BCUT2D eigenvalue weighted by molar-refractivity contribution is -0.139. The first-order chi connectivity index (χ1) is 17.0. The molecule has 3 rings (SSSR count). The highest BCUT2D eigenvalue weighted by Crippen LogP contribution is 2.26. The van der Waals surface area contributed by atoms with Gasteiger partial charge in [0.05, 0.1) is 11.9 Å². The molecule has 7 nitrogen and oxygen atoms in total. The molecule has 1 atom stereocenters. The number of hydrogen-bond acceptors (Lipinski definition) is 4. The molecular weight excluding hydrogens is 505 g/mol. The third-order valence-corrected chi connectivity index (χ3v) is 7.85. The Bertz CT molecular complexity index is 1180. The molecule has 0 heterocycles. The Balaban J connectivity index is 1.88. The van der Waals surface area contributed by atoms with E-state index in [4.69, 9.17) is 11.6 Å². The quantitative estimate of drug-likeness (QED) is 0.513. The van der Waals surface area contributed by atoms with Gasteiger partial charge >= 0.3 is 0 Å². The minimum Gasteiger partial charge on any atom is -0.352 e. The third kappa shape index (κ3) is 7.43. The number of nitrogens with one attached hydrogen (secondary N) is 1. The molecule has 2 amide bonds. The summed E-state index contributed by atoms with van der Waals surface area (Å²) in [6, 6.07) is 9.57. The van der Waals surface area contributed by atoms with Crippen LogP contribution in [-0.2, 0) is 26.2 Å². The molecule has 1 saturated carbocycles. The van der Waals surface area contributed by atoms with E-state index in [2.05, 4.69) is 5.32 Å². The van der Waals surface area contributed by atoms with Gasteiger partial charge in [0.1, 0.15) is 18.4 Å². The first kappa shape index (κ1) is 27.9. The van der Waals surface area contributed by atoms with Crippen molar-refractivity contribution in [3.8, 4) is 0 Å². The normalized spacial score (nSPS) is 15.2. The van der Waals surface area contributed by atoms with Gasteiger partial charge in [-0.15, -0.1) is 0 Å². The van der Waals surface area contributed by atoms with Gasteiger partial charge in [-0.25, -0.2) is 12.8 Å². The van der Waals surface area contributed by atoms with Crippen LogP contribution < -0.4 is 9.62 Å². The van der Waals surface area contributed by atoms with Crippen molar-refractivity contribution in [2.75, 3.05) is 17.1 Å². The summed E-state index contributed by atoms with van der Waals surface area (Å²) in [4.78, 5) is 28.1. The Morgan fingerprint density at radius 1 is 1.11 bits per heavy atom. The number of sulfonamides is 1. The molecule has 36 heavy (non-hydrogen) atoms. The lowest BCUT2D eigenvalue weighted by Crippen LogP contribution is -2.53. The molecule has 2 aromatic rings. The van der Waals surface area contributed by atoms with Crippen LogP contribution in [0.15, 0.2) is 42.5 Å². The van der Waals surface area contributed by atoms with Crippen LogP contribution in [-0.4, -0.2) is 50.0 Å². The van der Waals surface area contributed by atoms with Gasteiger partial charge in [-0.3, -0.25) is 13.9 Å². The van der Waals surface area contributed by atoms with E-state index in [1.165, 1.54) is 17.0 Å². The molecule has 0 aromatic heterocycles. The maximum Gasteiger partial charge on any atom is 0.244 e. The first-order valence-corrected chi connectivity index (χ1v) is 14.3. The summed E-state index contributed by atoms with van der Waals surface area (Å²) < 4.78 is 39.9. The summed E-state index contributed by atoms with van der Waals surface area (Å²) in [6.07, 6.45) is 6.03. The molecule has 0 spiro atoms. The maximum absolute atomic E-state index is 13.6. The van der Waals surface area contributed by atoms with Crippen LogP contribution in [0.25, 0.3) is 0 Å². The summed E-state index contributed by atoms with van der Waals surface area (Å²) in [5, 5.41) is 3.49. The second kappa shape index (κ2) is 12.1. The number of hydrogen-bond donors (Lipinski definition) is 1. The number of rotatable bonds is 9. The predicted molar refractivity (Wildman–Crippen MR) is 140 cm³/mol. The Kier molecular flexibility index (Phi) is 9.35. The highest BCUT2D eigenvalue weighted by Gasteiger charge is 2.31. The molecule has 1 unspecified atom stereocenters. The fourth-order valence-electron chi connectivity index (χ4n) is 4.43. The van der Waals surface area contributed by atoms with Crippen molar-refractivity contribution >= 4 is 39.1 Å². The SMILES string of the molecule is Cc1cc(Cl)ccc1N(CC(=O)N(Cc1ccc(F)cc1)C(C)C(=O)NC1CCCCC1)S(C)(=O)=O. The summed E-state index contributed by atoms with van der Waals surface area (Å²) in [5.74, 6) is -1.27. The van der Waals surface area contributed by atoms with Crippen molar-refractivity contribution in [3.63, 3.8) is 0 Å². The lowest BCUT2D eigenvalue weighted by atomic mass is 9.95. The number of halogens is 2. The minimum absolute atomic E-state index is 0.0234. The standard InChI is InChI=1S/C26H33ClFN3O4S/c1-18-15-21(27)11-14-24(18)31(36(3,34)35)17-25(32)30(16-20-9-12-22(28)13-10-20)19(2)26(33)29-23-7-5-4-6-8-23/h9-15,19,23H,4-8,16-17H2,1-3H3,(H,29,33). The van der Waals surface area contributed by atoms with Gasteiger partial charge < -0.3 is 10.2 Å². The number of benzene rings is 2. The van der Waals surface area contributed by atoms with Crippen LogP contribution in [0, 0.1) is 12.7 Å². The molecule has 0 saturated heterocycles. The van der Waals surface area contributed by atoms with Crippen LogP contribution >= 0.6 is 11.6 Å². The van der Waals surface area contributed by atoms with E-state index in [1.54, 1.807) is 44.2 Å². The minimum atomic E-state index is -3.84. The molecule has 0 radical (unpaired) electrons. The second-order valence-electron chi connectivity index (χ2n) is 9.37. The summed E-state index contributed by atoms with van der Waals surface area (Å²) in [7, 11) is -3.84. The van der Waals surface area contributed by atoms with Gasteiger partial charge in [-0.2, -0.15) is 0 Å². The van der Waals surface area contributed by atoms with Crippen LogP contribution in [0.2, 0.25) is 5.02 Å². The average Bonchev–Trinajstić information content (AvgIpc) is 2.82. The average molecular weight is 538 g/mol. The molecule has 10 heteroatoms. The predicted octanol–water partition coefficient (Wildman–Crippen LogP) is 4.42. The fourth-order valence-corrected chi connectivity index (χ4v) is 5.57. The molecule has 196 valence electrons. The number of aryl methyl sites for hydroxylation is 1. The summed E-state index contributed by atoms with van der Waals surface area (Å²) in [6.45, 7) is 2.86. The van der Waals surface area contributed by atoms with Crippen molar-refractivity contribution in [1.82, 2.24) is 10.2 Å². The molecule has 0 bridgehead atoms. The van der Waals surface area contributed by atoms with Crippen LogP contribution in [0.1, 0.15) is 50.2 Å². The highest BCUT2D eigenvalue weighted by atomic mass is 35.5. The maximum atomic E-state index is 13.6. The van der Waals surface area contributed by atoms with Gasteiger partial charge in [0, 0.05) is 17.6 Å². The molecule has 2 aromatic carbocycles. The highest BCUT2D eigenvalue weighted by molar-refractivity contribution is 7.92. The van der Waals surface area contributed by atoms with E-state index in [0.717, 1.165) is 42.7 Å². The molecule has 1 fully saturated rings. The Labute approximate surface area is 217 Å². The number of anilines is 1. The number of amides is 2. The van der Waals surface area contributed by atoms with Crippen molar-refractivity contribution in [2.45, 2.75) is 64.6 Å². The van der Waals surface area contributed by atoms with E-state index >= 15 is 0 Å². The topological polar surface area (TPSA) is 86.8 Å². The summed E-state index contributed by atoms with van der Waals surface area (Å²) in [5.41, 5.74) is 1.54. The second-order valence-corrected chi connectivity index (χ2v) is 11.7. The van der Waals surface area contributed by atoms with Gasteiger partial charge in [0.15, 0.2) is 0 Å². The van der Waals surface area contributed by atoms with Crippen LogP contribution in [0.5, 0.6) is 0 Å². The third-order valence-electron chi connectivity index (χ3n) is 6.49. The van der Waals surface area contributed by atoms with Crippen molar-refractivity contribution in [1.29, 1.82) is 0 Å². The Morgan fingerprint density at radius 3 is 2.33 bits per heavy atom. The van der Waals surface area contributed by atoms with E-state index in [9.17, 15) is 22.4 Å². The largest absolute Gasteiger partial charge is 0.352 e.